The van der Waals surface area contributed by atoms with Crippen LogP contribution in [0.25, 0.3) is 0 Å². The highest BCUT2D eigenvalue weighted by molar-refractivity contribution is 5.84. The van der Waals surface area contributed by atoms with E-state index in [4.69, 9.17) is 15.0 Å². The zero-order chi connectivity index (χ0) is 16.3. The summed E-state index contributed by atoms with van der Waals surface area (Å²) in [4.78, 5) is 23.5. The van der Waals surface area contributed by atoms with Crippen molar-refractivity contribution >= 4 is 11.9 Å². The van der Waals surface area contributed by atoms with Crippen molar-refractivity contribution in [3.8, 4) is 0 Å². The van der Waals surface area contributed by atoms with Crippen LogP contribution >= 0.6 is 0 Å². The molecule has 1 amide bonds. The average molecular weight is 306 g/mol. The normalized spacial score (nSPS) is 12.0. The van der Waals surface area contributed by atoms with Gasteiger partial charge in [0.05, 0.1) is 12.1 Å². The van der Waals surface area contributed by atoms with E-state index in [0.717, 1.165) is 12.1 Å². The topological polar surface area (TPSA) is 95.4 Å². The average Bonchev–Trinajstić information content (AvgIpc) is 2.77. The summed E-state index contributed by atoms with van der Waals surface area (Å²) in [6.45, 7) is 3.37. The van der Waals surface area contributed by atoms with Crippen LogP contribution in [0.15, 0.2) is 28.8 Å². The predicted octanol–water partition coefficient (Wildman–Crippen LogP) is 1.74. The molecule has 0 aliphatic heterocycles. The third-order valence-electron chi connectivity index (χ3n) is 3.18. The molecule has 0 bridgehead atoms. The van der Waals surface area contributed by atoms with Crippen LogP contribution in [0.4, 0.5) is 4.39 Å². The second kappa shape index (κ2) is 6.38. The van der Waals surface area contributed by atoms with Crippen molar-refractivity contribution in [3.63, 3.8) is 0 Å². The van der Waals surface area contributed by atoms with Gasteiger partial charge in [0, 0.05) is 11.1 Å². The van der Waals surface area contributed by atoms with Crippen LogP contribution in [0, 0.1) is 19.7 Å². The minimum Gasteiger partial charge on any atom is -0.447 e. The van der Waals surface area contributed by atoms with Gasteiger partial charge in [-0.15, -0.1) is 0 Å². The number of rotatable bonds is 5. The highest BCUT2D eigenvalue weighted by atomic mass is 19.1. The number of aryl methyl sites for hydroxylation is 2. The van der Waals surface area contributed by atoms with E-state index in [9.17, 15) is 14.0 Å². The van der Waals surface area contributed by atoms with E-state index in [1.807, 2.05) is 0 Å². The van der Waals surface area contributed by atoms with E-state index in [0.29, 0.717) is 22.6 Å². The summed E-state index contributed by atoms with van der Waals surface area (Å²) in [6.07, 6.45) is -1.36. The maximum Gasteiger partial charge on any atom is 0.311 e. The first-order valence-electron chi connectivity index (χ1n) is 6.54. The molecule has 0 aliphatic carbocycles. The van der Waals surface area contributed by atoms with E-state index in [1.165, 1.54) is 12.1 Å². The van der Waals surface area contributed by atoms with E-state index >= 15 is 0 Å². The van der Waals surface area contributed by atoms with Gasteiger partial charge in [0.2, 0.25) is 6.10 Å². The summed E-state index contributed by atoms with van der Waals surface area (Å²) in [5, 5.41) is 3.74. The van der Waals surface area contributed by atoms with Crippen LogP contribution in [0.2, 0.25) is 0 Å². The number of nitrogens with two attached hydrogens (primary N) is 1. The van der Waals surface area contributed by atoms with Gasteiger partial charge in [0.1, 0.15) is 11.6 Å². The fourth-order valence-corrected chi connectivity index (χ4v) is 2.00. The molecule has 1 aromatic carbocycles. The molecule has 0 spiro atoms. The van der Waals surface area contributed by atoms with Gasteiger partial charge in [-0.3, -0.25) is 9.59 Å². The van der Waals surface area contributed by atoms with Gasteiger partial charge in [-0.05, 0) is 26.0 Å². The van der Waals surface area contributed by atoms with Gasteiger partial charge >= 0.3 is 5.97 Å². The Labute approximate surface area is 126 Å². The van der Waals surface area contributed by atoms with Crippen molar-refractivity contribution < 1.29 is 23.2 Å². The lowest BCUT2D eigenvalue weighted by atomic mass is 10.1. The number of nitrogens with zero attached hydrogens (tertiary/aromatic N) is 1. The largest absolute Gasteiger partial charge is 0.447 e. The molecular weight excluding hydrogens is 291 g/mol. The monoisotopic (exact) mass is 306 g/mol. The summed E-state index contributed by atoms with van der Waals surface area (Å²) in [6, 6.07) is 5.00. The molecule has 1 atom stereocenters. The van der Waals surface area contributed by atoms with Crippen molar-refractivity contribution in [2.75, 3.05) is 0 Å². The van der Waals surface area contributed by atoms with Crippen molar-refractivity contribution in [1.29, 1.82) is 0 Å². The van der Waals surface area contributed by atoms with Gasteiger partial charge in [0.25, 0.3) is 5.91 Å². The second-order valence-electron chi connectivity index (χ2n) is 4.80. The number of carbonyl (C=O) groups is 2. The molecule has 22 heavy (non-hydrogen) atoms. The Bertz CT molecular complexity index is 675. The number of aromatic nitrogens is 1. The summed E-state index contributed by atoms with van der Waals surface area (Å²) >= 11 is 0. The number of ether oxygens (including phenoxy) is 1. The third-order valence-corrected chi connectivity index (χ3v) is 3.18. The van der Waals surface area contributed by atoms with Crippen LogP contribution in [0.3, 0.4) is 0 Å². The molecule has 116 valence electrons. The van der Waals surface area contributed by atoms with Crippen LogP contribution in [0.1, 0.15) is 28.7 Å². The van der Waals surface area contributed by atoms with Crippen LogP contribution in [-0.4, -0.2) is 17.0 Å². The van der Waals surface area contributed by atoms with E-state index in [2.05, 4.69) is 5.16 Å². The molecule has 0 radical (unpaired) electrons. The molecule has 1 aromatic heterocycles. The third kappa shape index (κ3) is 3.49. The highest BCUT2D eigenvalue weighted by Gasteiger charge is 2.24. The SMILES string of the molecule is Cc1noc(C)c1CC(=O)O[C@H](C(N)=O)c1ccc(F)cc1. The maximum atomic E-state index is 12.9. The number of carbonyl (C=O) groups excluding carboxylic acids is 2. The van der Waals surface area contributed by atoms with Crippen LogP contribution in [-0.2, 0) is 20.7 Å². The lowest BCUT2D eigenvalue weighted by Gasteiger charge is -2.15. The minimum atomic E-state index is -1.27. The number of halogens is 1. The molecule has 2 aromatic rings. The standard InChI is InChI=1S/C15H15FN2O4/c1-8-12(9(2)22-18-8)7-13(19)21-14(15(17)20)10-3-5-11(16)6-4-10/h3-6,14H,7H2,1-2H3,(H2,17,20)/t14-/m0/s1. The smallest absolute Gasteiger partial charge is 0.311 e. The lowest BCUT2D eigenvalue weighted by molar-refractivity contribution is -0.154. The predicted molar refractivity (Wildman–Crippen MR) is 74.1 cm³/mol. The Kier molecular flexibility index (Phi) is 4.55. The van der Waals surface area contributed by atoms with Gasteiger partial charge < -0.3 is 15.0 Å². The van der Waals surface area contributed by atoms with Gasteiger partial charge in [-0.2, -0.15) is 0 Å². The van der Waals surface area contributed by atoms with Crippen molar-refractivity contribution in [2.45, 2.75) is 26.4 Å². The quantitative estimate of drug-likeness (QED) is 0.849. The Balaban J connectivity index is 2.13. The molecule has 0 aliphatic rings. The first-order valence-corrected chi connectivity index (χ1v) is 6.54. The number of hydrogen-bond acceptors (Lipinski definition) is 5. The zero-order valence-corrected chi connectivity index (χ0v) is 12.1. The molecule has 7 heteroatoms. The Morgan fingerprint density at radius 1 is 1.32 bits per heavy atom. The number of hydrogen-bond donors (Lipinski definition) is 1. The molecular formula is C15H15FN2O4. The molecule has 0 unspecified atom stereocenters. The Morgan fingerprint density at radius 3 is 2.45 bits per heavy atom. The molecule has 6 nitrogen and oxygen atoms in total. The first kappa shape index (κ1) is 15.7. The molecule has 0 fully saturated rings. The number of primary amides is 1. The summed E-state index contributed by atoms with van der Waals surface area (Å²) < 4.78 is 23.0. The Morgan fingerprint density at radius 2 is 1.95 bits per heavy atom. The highest BCUT2D eigenvalue weighted by Crippen LogP contribution is 2.20. The Hall–Kier alpha value is -2.70. The van der Waals surface area contributed by atoms with Crippen molar-refractivity contribution in [1.82, 2.24) is 5.16 Å². The zero-order valence-electron chi connectivity index (χ0n) is 12.1. The fraction of sp³-hybridized carbons (Fsp3) is 0.267. The molecule has 1 heterocycles. The summed E-state index contributed by atoms with van der Waals surface area (Å²) in [7, 11) is 0. The summed E-state index contributed by atoms with van der Waals surface area (Å²) in [5.74, 6) is -1.44. The fourth-order valence-electron chi connectivity index (χ4n) is 2.00. The maximum absolute atomic E-state index is 12.9. The van der Waals surface area contributed by atoms with E-state index < -0.39 is 23.8 Å². The van der Waals surface area contributed by atoms with Crippen LogP contribution in [0.5, 0.6) is 0 Å². The second-order valence-corrected chi connectivity index (χ2v) is 4.80. The molecule has 2 N–H and O–H groups in total. The van der Waals surface area contributed by atoms with Crippen LogP contribution < -0.4 is 5.73 Å². The van der Waals surface area contributed by atoms with E-state index in [1.54, 1.807) is 13.8 Å². The van der Waals surface area contributed by atoms with Crippen molar-refractivity contribution in [2.24, 2.45) is 5.73 Å². The number of amides is 1. The molecule has 0 saturated carbocycles. The molecule has 0 saturated heterocycles. The summed E-state index contributed by atoms with van der Waals surface area (Å²) in [5.41, 5.74) is 6.73. The van der Waals surface area contributed by atoms with Gasteiger partial charge in [-0.25, -0.2) is 4.39 Å². The number of esters is 1. The minimum absolute atomic E-state index is 0.0911. The van der Waals surface area contributed by atoms with Crippen molar-refractivity contribution in [3.05, 3.63) is 52.7 Å². The number of benzene rings is 1. The van der Waals surface area contributed by atoms with Gasteiger partial charge in [-0.1, -0.05) is 17.3 Å². The van der Waals surface area contributed by atoms with E-state index in [-0.39, 0.29) is 6.42 Å². The lowest BCUT2D eigenvalue weighted by Crippen LogP contribution is -2.27. The molecule has 2 rings (SSSR count). The first-order chi connectivity index (χ1) is 10.4. The van der Waals surface area contributed by atoms with Gasteiger partial charge in [0.15, 0.2) is 0 Å².